The lowest BCUT2D eigenvalue weighted by molar-refractivity contribution is -0.386. The van der Waals surface area contributed by atoms with Gasteiger partial charge in [0.1, 0.15) is 11.4 Å². The SMILES string of the molecule is COC(=O)c1ccc(C2CC3(CCN2Cc2c(OC)cc(C)c4c2ccn4C(=O)OC(C)(C)C)CC3)c([N+](=O)[O-])c1. The van der Waals surface area contributed by atoms with Crippen molar-refractivity contribution in [3.8, 4) is 5.75 Å². The van der Waals surface area contributed by atoms with E-state index in [4.69, 9.17) is 14.2 Å². The van der Waals surface area contributed by atoms with E-state index in [0.29, 0.717) is 17.9 Å². The second-order valence-electron chi connectivity index (χ2n) is 12.3. The van der Waals surface area contributed by atoms with E-state index in [-0.39, 0.29) is 22.7 Å². The molecule has 1 saturated carbocycles. The fourth-order valence-electron chi connectivity index (χ4n) is 6.11. The molecule has 0 radical (unpaired) electrons. The van der Waals surface area contributed by atoms with Crippen LogP contribution in [0.5, 0.6) is 5.75 Å². The van der Waals surface area contributed by atoms with E-state index in [9.17, 15) is 19.7 Å². The summed E-state index contributed by atoms with van der Waals surface area (Å²) in [6, 6.07) is 8.22. The monoisotopic (exact) mass is 563 g/mol. The van der Waals surface area contributed by atoms with Gasteiger partial charge in [-0.05, 0) is 95.2 Å². The molecule has 3 aromatic rings. The Morgan fingerprint density at radius 2 is 1.85 bits per heavy atom. The largest absolute Gasteiger partial charge is 0.496 e. The van der Waals surface area contributed by atoms with Crippen molar-refractivity contribution in [3.63, 3.8) is 0 Å². The molecule has 0 amide bonds. The van der Waals surface area contributed by atoms with E-state index in [1.807, 2.05) is 39.8 Å². The minimum atomic E-state index is -0.644. The summed E-state index contributed by atoms with van der Waals surface area (Å²) in [6.45, 7) is 8.65. The molecule has 1 aliphatic carbocycles. The van der Waals surface area contributed by atoms with Gasteiger partial charge in [-0.1, -0.05) is 0 Å². The Hall–Kier alpha value is -3.92. The number of methoxy groups -OCH3 is 2. The number of rotatable bonds is 6. The molecule has 10 heteroatoms. The highest BCUT2D eigenvalue weighted by Crippen LogP contribution is 2.59. The molecule has 2 heterocycles. The van der Waals surface area contributed by atoms with E-state index in [1.54, 1.807) is 25.4 Å². The summed E-state index contributed by atoms with van der Waals surface area (Å²) in [7, 11) is 2.88. The standard InChI is InChI=1S/C31H37N3O7/c1-19-15-26(39-5)23(21-9-13-33(27(19)21)29(36)41-30(2,3)4)18-32-14-12-31(10-11-31)17-25(32)22-8-7-20(28(35)40-6)16-24(22)34(37)38/h7-9,13,15-16,25H,10-12,14,17-18H2,1-6H3. The van der Waals surface area contributed by atoms with Crippen LogP contribution >= 0.6 is 0 Å². The third-order valence-corrected chi connectivity index (χ3v) is 8.36. The van der Waals surface area contributed by atoms with Gasteiger partial charge in [0.2, 0.25) is 0 Å². The number of nitro benzene ring substituents is 1. The quantitative estimate of drug-likeness (QED) is 0.188. The third-order valence-electron chi connectivity index (χ3n) is 8.36. The zero-order chi connectivity index (χ0) is 29.7. The van der Waals surface area contributed by atoms with Crippen LogP contribution in [0.4, 0.5) is 10.5 Å². The Balaban J connectivity index is 1.58. The lowest BCUT2D eigenvalue weighted by Crippen LogP contribution is -2.37. The first-order valence-corrected chi connectivity index (χ1v) is 13.9. The van der Waals surface area contributed by atoms with Gasteiger partial charge in [-0.2, -0.15) is 0 Å². The highest BCUT2D eigenvalue weighted by Gasteiger charge is 2.49. The van der Waals surface area contributed by atoms with Gasteiger partial charge >= 0.3 is 12.1 Å². The molecule has 218 valence electrons. The minimum absolute atomic E-state index is 0.0855. The fourth-order valence-corrected chi connectivity index (χ4v) is 6.11. The number of aromatic nitrogens is 1. The normalized spacial score (nSPS) is 18.3. The number of piperidine rings is 1. The molecular formula is C31H37N3O7. The Morgan fingerprint density at radius 3 is 2.46 bits per heavy atom. The first kappa shape index (κ1) is 28.6. The summed E-state index contributed by atoms with van der Waals surface area (Å²) in [5.74, 6) is 0.0815. The fraction of sp³-hybridized carbons (Fsp3) is 0.484. The number of hydrogen-bond donors (Lipinski definition) is 0. The van der Waals surface area contributed by atoms with E-state index in [2.05, 4.69) is 4.90 Å². The average Bonchev–Trinajstić information content (AvgIpc) is 3.51. The maximum absolute atomic E-state index is 13.1. The van der Waals surface area contributed by atoms with Crippen LogP contribution in [-0.4, -0.2) is 52.8 Å². The Bertz CT molecular complexity index is 1530. The number of ether oxygens (including phenoxy) is 3. The van der Waals surface area contributed by atoms with Crippen molar-refractivity contribution in [3.05, 3.63) is 68.9 Å². The van der Waals surface area contributed by atoms with Crippen LogP contribution in [0.25, 0.3) is 10.9 Å². The van der Waals surface area contributed by atoms with Crippen LogP contribution in [0, 0.1) is 22.5 Å². The molecule has 2 aliphatic rings. The molecule has 1 unspecified atom stereocenters. The first-order valence-electron chi connectivity index (χ1n) is 13.9. The Morgan fingerprint density at radius 1 is 1.12 bits per heavy atom. The van der Waals surface area contributed by atoms with Gasteiger partial charge in [-0.15, -0.1) is 0 Å². The lowest BCUT2D eigenvalue weighted by atomic mass is 9.83. The number of carbonyl (C=O) groups excluding carboxylic acids is 2. The molecule has 5 rings (SSSR count). The van der Waals surface area contributed by atoms with Crippen molar-refractivity contribution in [1.82, 2.24) is 9.47 Å². The maximum atomic E-state index is 13.1. The highest BCUT2D eigenvalue weighted by atomic mass is 16.6. The molecule has 2 aromatic carbocycles. The maximum Gasteiger partial charge on any atom is 0.419 e. The van der Waals surface area contributed by atoms with Gasteiger partial charge in [0.05, 0.1) is 30.2 Å². The van der Waals surface area contributed by atoms with Gasteiger partial charge < -0.3 is 14.2 Å². The number of nitrogens with zero attached hydrogens (tertiary/aromatic N) is 3. The van der Waals surface area contributed by atoms with Crippen LogP contribution in [-0.2, 0) is 16.0 Å². The van der Waals surface area contributed by atoms with Crippen molar-refractivity contribution in [1.29, 1.82) is 0 Å². The van der Waals surface area contributed by atoms with Crippen molar-refractivity contribution >= 4 is 28.7 Å². The van der Waals surface area contributed by atoms with Gasteiger partial charge in [-0.3, -0.25) is 19.6 Å². The number of likely N-dealkylation sites (tertiary alicyclic amines) is 1. The zero-order valence-corrected chi connectivity index (χ0v) is 24.5. The molecule has 1 aliphatic heterocycles. The van der Waals surface area contributed by atoms with Gasteiger partial charge in [0, 0.05) is 41.4 Å². The van der Waals surface area contributed by atoms with Crippen LogP contribution in [0.3, 0.4) is 0 Å². The van der Waals surface area contributed by atoms with E-state index >= 15 is 0 Å². The molecule has 1 saturated heterocycles. The highest BCUT2D eigenvalue weighted by molar-refractivity contribution is 5.95. The average molecular weight is 564 g/mol. The molecule has 1 aromatic heterocycles. The van der Waals surface area contributed by atoms with Crippen LogP contribution < -0.4 is 4.74 Å². The number of nitro groups is 1. The van der Waals surface area contributed by atoms with Crippen molar-refractivity contribution in [2.45, 2.75) is 71.6 Å². The minimum Gasteiger partial charge on any atom is -0.496 e. The summed E-state index contributed by atoms with van der Waals surface area (Å²) in [6.07, 6.45) is 5.29. The van der Waals surface area contributed by atoms with Crippen LogP contribution in [0.1, 0.15) is 79.5 Å². The molecule has 41 heavy (non-hydrogen) atoms. The lowest BCUT2D eigenvalue weighted by Gasteiger charge is -2.40. The summed E-state index contributed by atoms with van der Waals surface area (Å²) < 4.78 is 17.8. The molecule has 2 fully saturated rings. The number of fused-ring (bicyclic) bond motifs is 1. The summed E-state index contributed by atoms with van der Waals surface area (Å²) >= 11 is 0. The number of carbonyl (C=O) groups is 2. The summed E-state index contributed by atoms with van der Waals surface area (Å²) in [5.41, 5.74) is 2.73. The van der Waals surface area contributed by atoms with Gasteiger partial charge in [-0.25, -0.2) is 9.59 Å². The molecule has 0 bridgehead atoms. The molecule has 1 atom stereocenters. The molecular weight excluding hydrogens is 526 g/mol. The molecule has 10 nitrogen and oxygen atoms in total. The number of benzene rings is 2. The smallest absolute Gasteiger partial charge is 0.419 e. The van der Waals surface area contributed by atoms with Crippen LogP contribution in [0.15, 0.2) is 36.5 Å². The topological polar surface area (TPSA) is 113 Å². The van der Waals surface area contributed by atoms with Crippen molar-refractivity contribution in [2.75, 3.05) is 20.8 Å². The van der Waals surface area contributed by atoms with Crippen molar-refractivity contribution < 1.29 is 28.7 Å². The Labute approximate surface area is 239 Å². The molecule has 1 spiro atoms. The van der Waals surface area contributed by atoms with Crippen LogP contribution in [0.2, 0.25) is 0 Å². The Kier molecular flexibility index (Phi) is 7.31. The predicted molar refractivity (Wildman–Crippen MR) is 153 cm³/mol. The number of hydrogen-bond acceptors (Lipinski definition) is 8. The summed E-state index contributed by atoms with van der Waals surface area (Å²) in [4.78, 5) is 39.3. The van der Waals surface area contributed by atoms with E-state index in [0.717, 1.165) is 54.3 Å². The van der Waals surface area contributed by atoms with Crippen molar-refractivity contribution in [2.24, 2.45) is 5.41 Å². The van der Waals surface area contributed by atoms with E-state index < -0.39 is 22.6 Å². The predicted octanol–water partition coefficient (Wildman–Crippen LogP) is 6.55. The van der Waals surface area contributed by atoms with Gasteiger partial charge in [0.15, 0.2) is 0 Å². The number of aryl methyl sites for hydroxylation is 1. The second-order valence-corrected chi connectivity index (χ2v) is 12.3. The summed E-state index contributed by atoms with van der Waals surface area (Å²) in [5, 5.41) is 13.1. The third kappa shape index (κ3) is 5.53. The number of esters is 1. The molecule has 0 N–H and O–H groups in total. The second kappa shape index (κ2) is 10.5. The first-order chi connectivity index (χ1) is 19.4. The zero-order valence-electron chi connectivity index (χ0n) is 24.5. The van der Waals surface area contributed by atoms with E-state index in [1.165, 1.54) is 17.7 Å². The van der Waals surface area contributed by atoms with Gasteiger partial charge in [0.25, 0.3) is 5.69 Å².